The van der Waals surface area contributed by atoms with Gasteiger partial charge in [0.25, 0.3) is 0 Å². The van der Waals surface area contributed by atoms with Gasteiger partial charge in [0.1, 0.15) is 0 Å². The van der Waals surface area contributed by atoms with Crippen molar-refractivity contribution >= 4 is 35.3 Å². The van der Waals surface area contributed by atoms with Crippen LogP contribution in [0.2, 0.25) is 0 Å². The van der Waals surface area contributed by atoms with Crippen molar-refractivity contribution in [2.24, 2.45) is 5.10 Å². The van der Waals surface area contributed by atoms with Gasteiger partial charge in [0.2, 0.25) is 6.79 Å². The number of halogens is 3. The molecule has 0 aromatic heterocycles. The Morgan fingerprint density at radius 1 is 1.10 bits per heavy atom. The summed E-state index contributed by atoms with van der Waals surface area (Å²) in [5.74, 6) is 1.20. The number of carbonyl (C=O) groups excluding carboxylic acids is 1. The highest BCUT2D eigenvalue weighted by Crippen LogP contribution is 2.32. The molecule has 0 fully saturated rings. The molecule has 0 aliphatic carbocycles. The molecule has 12 heteroatoms. The van der Waals surface area contributed by atoms with Crippen molar-refractivity contribution in [3.8, 4) is 11.5 Å². The van der Waals surface area contributed by atoms with Crippen LogP contribution in [0.3, 0.4) is 0 Å². The molecule has 0 spiro atoms. The minimum atomic E-state index is -4.47. The minimum Gasteiger partial charge on any atom is -0.454 e. The molecule has 0 unspecified atom stereocenters. The highest BCUT2D eigenvalue weighted by atomic mass is 32.1. The Balaban J connectivity index is 1.44. The average Bonchev–Trinajstić information content (AvgIpc) is 3.14. The number of hydrazine groups is 1. The molecule has 152 valence electrons. The van der Waals surface area contributed by atoms with E-state index >= 15 is 0 Å². The van der Waals surface area contributed by atoms with Crippen molar-refractivity contribution in [3.63, 3.8) is 0 Å². The van der Waals surface area contributed by atoms with E-state index in [0.717, 1.165) is 12.1 Å². The Morgan fingerprint density at radius 2 is 1.90 bits per heavy atom. The van der Waals surface area contributed by atoms with E-state index in [1.165, 1.54) is 18.3 Å². The van der Waals surface area contributed by atoms with E-state index in [1.807, 2.05) is 0 Å². The van der Waals surface area contributed by atoms with Crippen LogP contribution in [0.25, 0.3) is 0 Å². The first-order valence-electron chi connectivity index (χ1n) is 8.04. The number of anilines is 1. The monoisotopic (exact) mass is 425 g/mol. The van der Waals surface area contributed by atoms with Crippen molar-refractivity contribution in [3.05, 3.63) is 53.6 Å². The quantitative estimate of drug-likeness (QED) is 0.343. The van der Waals surface area contributed by atoms with Crippen LogP contribution < -0.4 is 31.1 Å². The van der Waals surface area contributed by atoms with Crippen LogP contribution in [0.4, 0.5) is 23.7 Å². The van der Waals surface area contributed by atoms with E-state index in [1.54, 1.807) is 18.2 Å². The van der Waals surface area contributed by atoms with Crippen molar-refractivity contribution in [1.82, 2.24) is 16.3 Å². The molecule has 0 bridgehead atoms. The highest BCUT2D eigenvalue weighted by Gasteiger charge is 2.30. The summed E-state index contributed by atoms with van der Waals surface area (Å²) < 4.78 is 48.5. The van der Waals surface area contributed by atoms with Gasteiger partial charge in [0.05, 0.1) is 11.8 Å². The van der Waals surface area contributed by atoms with Crippen LogP contribution in [-0.2, 0) is 6.18 Å². The maximum atomic E-state index is 12.7. The first-order chi connectivity index (χ1) is 13.8. The number of urea groups is 1. The van der Waals surface area contributed by atoms with Gasteiger partial charge in [-0.2, -0.15) is 18.3 Å². The fourth-order valence-electron chi connectivity index (χ4n) is 2.24. The average molecular weight is 425 g/mol. The summed E-state index contributed by atoms with van der Waals surface area (Å²) in [4.78, 5) is 11.7. The molecule has 2 aromatic carbocycles. The predicted molar refractivity (Wildman–Crippen MR) is 103 cm³/mol. The van der Waals surface area contributed by atoms with Crippen LogP contribution >= 0.6 is 12.2 Å². The van der Waals surface area contributed by atoms with Crippen LogP contribution in [0.1, 0.15) is 11.1 Å². The third-order valence-electron chi connectivity index (χ3n) is 3.51. The van der Waals surface area contributed by atoms with Crippen molar-refractivity contribution in [2.75, 3.05) is 12.1 Å². The Kier molecular flexibility index (Phi) is 6.02. The van der Waals surface area contributed by atoms with Crippen LogP contribution in [-0.4, -0.2) is 24.2 Å². The van der Waals surface area contributed by atoms with E-state index in [0.29, 0.717) is 17.1 Å². The fraction of sp³-hybridized carbons (Fsp3) is 0.118. The first kappa shape index (κ1) is 20.2. The zero-order valence-electron chi connectivity index (χ0n) is 14.5. The second-order valence-corrected chi connectivity index (χ2v) is 6.00. The number of rotatable bonds is 3. The lowest BCUT2D eigenvalue weighted by atomic mass is 10.2. The summed E-state index contributed by atoms with van der Waals surface area (Å²) >= 11 is 4.92. The van der Waals surface area contributed by atoms with Gasteiger partial charge in [0, 0.05) is 5.69 Å². The third kappa shape index (κ3) is 5.72. The lowest BCUT2D eigenvalue weighted by Gasteiger charge is -2.13. The van der Waals surface area contributed by atoms with Crippen LogP contribution in [0.15, 0.2) is 47.6 Å². The zero-order valence-corrected chi connectivity index (χ0v) is 15.4. The molecule has 4 N–H and O–H groups in total. The topological polar surface area (TPSA) is 96.0 Å². The number of hydrogen-bond donors (Lipinski definition) is 4. The molecular weight excluding hydrogens is 411 g/mol. The van der Waals surface area contributed by atoms with Gasteiger partial charge in [-0.15, -0.1) is 0 Å². The summed E-state index contributed by atoms with van der Waals surface area (Å²) in [5.41, 5.74) is 6.68. The summed E-state index contributed by atoms with van der Waals surface area (Å²) in [6.07, 6.45) is -3.08. The maximum absolute atomic E-state index is 12.7. The van der Waals surface area contributed by atoms with Gasteiger partial charge >= 0.3 is 12.2 Å². The summed E-state index contributed by atoms with van der Waals surface area (Å²) in [6.45, 7) is 0.150. The lowest BCUT2D eigenvalue weighted by Crippen LogP contribution is -2.47. The summed E-state index contributed by atoms with van der Waals surface area (Å²) in [6, 6.07) is 8.85. The Hall–Kier alpha value is -3.54. The predicted octanol–water partition coefficient (Wildman–Crippen LogP) is 2.97. The molecule has 0 saturated carbocycles. The molecule has 0 saturated heterocycles. The number of carbonyl (C=O) groups is 1. The van der Waals surface area contributed by atoms with Gasteiger partial charge in [-0.25, -0.2) is 15.6 Å². The SMILES string of the molecule is O=C(N/N=C/c1ccc2c(c1)OCO2)NNC(=S)Nc1cccc(C(F)(F)F)c1. The number of nitrogens with zero attached hydrogens (tertiary/aromatic N) is 1. The number of nitrogens with one attached hydrogen (secondary N) is 4. The van der Waals surface area contributed by atoms with Crippen molar-refractivity contribution in [1.29, 1.82) is 0 Å². The molecule has 8 nitrogen and oxygen atoms in total. The Labute approximate surface area is 168 Å². The second kappa shape index (κ2) is 8.65. The van der Waals surface area contributed by atoms with Gasteiger partial charge in [0.15, 0.2) is 16.6 Å². The standard InChI is InChI=1S/C17H14F3N5O3S/c18-17(19,20)11-2-1-3-12(7-11)22-16(29)25-24-15(26)23-21-8-10-4-5-13-14(6-10)28-9-27-13/h1-8H,9H2,(H2,22,25,29)(H2,23,24,26)/b21-8+. The zero-order chi connectivity index (χ0) is 20.9. The van der Waals surface area contributed by atoms with Crippen LogP contribution in [0.5, 0.6) is 11.5 Å². The summed E-state index contributed by atoms with van der Waals surface area (Å²) in [5, 5.41) is 6.17. The second-order valence-electron chi connectivity index (χ2n) is 5.59. The number of alkyl halides is 3. The molecule has 1 aliphatic rings. The molecule has 0 radical (unpaired) electrons. The number of ether oxygens (including phenoxy) is 2. The molecule has 2 amide bonds. The van der Waals surface area contributed by atoms with Crippen molar-refractivity contribution in [2.45, 2.75) is 6.18 Å². The highest BCUT2D eigenvalue weighted by molar-refractivity contribution is 7.80. The largest absolute Gasteiger partial charge is 0.454 e. The first-order valence-corrected chi connectivity index (χ1v) is 8.45. The fourth-order valence-corrected chi connectivity index (χ4v) is 2.40. The molecule has 1 heterocycles. The van der Waals surface area contributed by atoms with Gasteiger partial charge < -0.3 is 14.8 Å². The van der Waals surface area contributed by atoms with E-state index in [2.05, 4.69) is 26.7 Å². The summed E-state index contributed by atoms with van der Waals surface area (Å²) in [7, 11) is 0. The molecular formula is C17H14F3N5O3S. The van der Waals surface area contributed by atoms with E-state index in [-0.39, 0.29) is 17.6 Å². The molecule has 2 aromatic rings. The third-order valence-corrected chi connectivity index (χ3v) is 3.72. The number of hydrogen-bond acceptors (Lipinski definition) is 5. The number of fused-ring (bicyclic) bond motifs is 1. The van der Waals surface area contributed by atoms with Gasteiger partial charge in [-0.1, -0.05) is 6.07 Å². The molecule has 29 heavy (non-hydrogen) atoms. The van der Waals surface area contributed by atoms with E-state index < -0.39 is 17.8 Å². The maximum Gasteiger partial charge on any atom is 0.416 e. The number of amides is 2. The molecule has 3 rings (SSSR count). The van der Waals surface area contributed by atoms with Gasteiger partial charge in [-0.05, 0) is 54.2 Å². The van der Waals surface area contributed by atoms with Crippen molar-refractivity contribution < 1.29 is 27.4 Å². The normalized spacial score (nSPS) is 12.5. The molecule has 0 atom stereocenters. The lowest BCUT2D eigenvalue weighted by molar-refractivity contribution is -0.137. The van der Waals surface area contributed by atoms with E-state index in [9.17, 15) is 18.0 Å². The van der Waals surface area contributed by atoms with Gasteiger partial charge in [-0.3, -0.25) is 5.43 Å². The molecule has 1 aliphatic heterocycles. The number of hydrazone groups is 1. The Bertz CT molecular complexity index is 952. The number of benzene rings is 2. The number of thiocarbonyl (C=S) groups is 1. The smallest absolute Gasteiger partial charge is 0.416 e. The Morgan fingerprint density at radius 3 is 2.69 bits per heavy atom. The van der Waals surface area contributed by atoms with E-state index in [4.69, 9.17) is 21.7 Å². The minimum absolute atomic E-state index is 0.111. The van der Waals surface area contributed by atoms with Crippen LogP contribution in [0, 0.1) is 0 Å².